The summed E-state index contributed by atoms with van der Waals surface area (Å²) in [6.07, 6.45) is 0.257. The van der Waals surface area contributed by atoms with Gasteiger partial charge in [0.05, 0.1) is 12.6 Å². The summed E-state index contributed by atoms with van der Waals surface area (Å²) in [6.45, 7) is 11.2. The van der Waals surface area contributed by atoms with Crippen LogP contribution in [0.4, 0.5) is 0 Å². The summed E-state index contributed by atoms with van der Waals surface area (Å²) in [7, 11) is 3.28. The fourth-order valence-corrected chi connectivity index (χ4v) is 6.50. The van der Waals surface area contributed by atoms with Crippen LogP contribution in [0.1, 0.15) is 75.1 Å². The molecular weight excluding hydrogens is 646 g/mol. The molecule has 0 aromatic heterocycles. The van der Waals surface area contributed by atoms with Gasteiger partial charge in [0.25, 0.3) is 11.8 Å². The van der Waals surface area contributed by atoms with Crippen LogP contribution in [0.5, 0.6) is 0 Å². The molecule has 2 heterocycles. The molecule has 16 nitrogen and oxygen atoms in total. The molecule has 6 atom stereocenters. The molecule has 3 rings (SSSR count). The first-order chi connectivity index (χ1) is 23.2. The Labute approximate surface area is 293 Å². The van der Waals surface area contributed by atoms with Gasteiger partial charge in [0.15, 0.2) is 0 Å². The van der Waals surface area contributed by atoms with E-state index in [0.29, 0.717) is 0 Å². The Morgan fingerprint density at radius 2 is 1.08 bits per heavy atom. The molecule has 16 heteroatoms. The zero-order valence-electron chi connectivity index (χ0n) is 30.2. The zero-order valence-corrected chi connectivity index (χ0v) is 30.2. The molecule has 0 bridgehead atoms. The van der Waals surface area contributed by atoms with Crippen molar-refractivity contribution < 1.29 is 33.6 Å². The lowest BCUT2D eigenvalue weighted by molar-refractivity contribution is -0.143. The number of hydrogen-bond acceptors (Lipinski definition) is 9. The molecular formula is C34H53N9O7. The maximum atomic E-state index is 13.6. The predicted octanol–water partition coefficient (Wildman–Crippen LogP) is -1.56. The maximum absolute atomic E-state index is 13.6. The second kappa shape index (κ2) is 16.0. The molecule has 1 aromatic carbocycles. The minimum atomic E-state index is -0.988. The molecule has 0 radical (unpaired) electrons. The minimum absolute atomic E-state index is 0.00318. The van der Waals surface area contributed by atoms with E-state index in [1.54, 1.807) is 34.9 Å². The lowest BCUT2D eigenvalue weighted by Crippen LogP contribution is -2.58. The van der Waals surface area contributed by atoms with Crippen LogP contribution in [0, 0.1) is 10.8 Å². The van der Waals surface area contributed by atoms with Crippen molar-refractivity contribution in [3.05, 3.63) is 35.4 Å². The van der Waals surface area contributed by atoms with Crippen LogP contribution in [0.25, 0.3) is 0 Å². The SMILES string of the molecule is CNCC(=O)NC(C(=O)N1CC(NC(=O)c2ccc(C(=O)NC3CC(C(N)=O)N(C(=O)C(NC)C(C)(C)C)C3)cc2)C[C@H]1C(N)=O)C(C)(C)C. The number of nitrogens with one attached hydrogen (secondary N) is 5. The molecule has 5 unspecified atom stereocenters. The number of nitrogens with zero attached hydrogens (tertiary/aromatic N) is 2. The van der Waals surface area contributed by atoms with E-state index in [-0.39, 0.29) is 55.4 Å². The van der Waals surface area contributed by atoms with Gasteiger partial charge >= 0.3 is 0 Å². The van der Waals surface area contributed by atoms with E-state index in [2.05, 4.69) is 26.6 Å². The lowest BCUT2D eigenvalue weighted by atomic mass is 9.85. The molecule has 2 aliphatic rings. The number of carbonyl (C=O) groups excluding carboxylic acids is 7. The van der Waals surface area contributed by atoms with Crippen LogP contribution in [0.3, 0.4) is 0 Å². The van der Waals surface area contributed by atoms with Gasteiger partial charge in [-0.25, -0.2) is 0 Å². The molecule has 50 heavy (non-hydrogen) atoms. The van der Waals surface area contributed by atoms with Crippen molar-refractivity contribution in [2.75, 3.05) is 33.7 Å². The summed E-state index contributed by atoms with van der Waals surface area (Å²) in [5.41, 5.74) is 10.7. The van der Waals surface area contributed by atoms with Gasteiger partial charge in [0.2, 0.25) is 29.5 Å². The van der Waals surface area contributed by atoms with E-state index >= 15 is 0 Å². The predicted molar refractivity (Wildman–Crippen MR) is 185 cm³/mol. The van der Waals surface area contributed by atoms with Crippen LogP contribution >= 0.6 is 0 Å². The monoisotopic (exact) mass is 699 g/mol. The third kappa shape index (κ3) is 9.56. The van der Waals surface area contributed by atoms with Gasteiger partial charge in [-0.05, 0) is 62.0 Å². The average molecular weight is 700 g/mol. The summed E-state index contributed by atoms with van der Waals surface area (Å²) in [4.78, 5) is 93.0. The van der Waals surface area contributed by atoms with Gasteiger partial charge in [-0.3, -0.25) is 33.6 Å². The molecule has 0 spiro atoms. The largest absolute Gasteiger partial charge is 0.368 e. The van der Waals surface area contributed by atoms with E-state index in [1.165, 1.54) is 34.1 Å². The highest BCUT2D eigenvalue weighted by atomic mass is 16.2. The molecule has 276 valence electrons. The maximum Gasteiger partial charge on any atom is 0.251 e. The summed E-state index contributed by atoms with van der Waals surface area (Å²) >= 11 is 0. The van der Waals surface area contributed by atoms with Crippen molar-refractivity contribution in [1.29, 1.82) is 0 Å². The quantitative estimate of drug-likeness (QED) is 0.133. The van der Waals surface area contributed by atoms with Gasteiger partial charge in [-0.1, -0.05) is 41.5 Å². The normalized spacial score (nSPS) is 22.0. The molecule has 9 N–H and O–H groups in total. The number of rotatable bonds is 12. The number of hydrogen-bond donors (Lipinski definition) is 7. The summed E-state index contributed by atoms with van der Waals surface area (Å²) in [5.74, 6) is -3.47. The summed E-state index contributed by atoms with van der Waals surface area (Å²) < 4.78 is 0. The Balaban J connectivity index is 1.66. The van der Waals surface area contributed by atoms with Crippen LogP contribution in [-0.4, -0.2) is 121 Å². The van der Waals surface area contributed by atoms with Crippen molar-refractivity contribution >= 4 is 41.4 Å². The topological polar surface area (TPSA) is 238 Å². The number of nitrogens with two attached hydrogens (primary N) is 2. The van der Waals surface area contributed by atoms with Gasteiger partial charge in [-0.15, -0.1) is 0 Å². The molecule has 7 amide bonds. The van der Waals surface area contributed by atoms with Crippen molar-refractivity contribution in [2.45, 2.75) is 90.6 Å². The van der Waals surface area contributed by atoms with Crippen molar-refractivity contribution in [3.63, 3.8) is 0 Å². The summed E-state index contributed by atoms with van der Waals surface area (Å²) in [6, 6.07) is 1.40. The Hall–Kier alpha value is -4.57. The first kappa shape index (κ1) is 39.9. The third-order valence-corrected chi connectivity index (χ3v) is 9.06. The fourth-order valence-electron chi connectivity index (χ4n) is 6.50. The Morgan fingerprint density at radius 3 is 1.40 bits per heavy atom. The van der Waals surface area contributed by atoms with E-state index < -0.39 is 76.6 Å². The van der Waals surface area contributed by atoms with E-state index in [1.807, 2.05) is 20.8 Å². The average Bonchev–Trinajstić information content (AvgIpc) is 3.64. The van der Waals surface area contributed by atoms with Crippen LogP contribution in [0.15, 0.2) is 24.3 Å². The lowest BCUT2D eigenvalue weighted by Gasteiger charge is -2.35. The van der Waals surface area contributed by atoms with Gasteiger partial charge < -0.3 is 47.9 Å². The number of likely N-dealkylation sites (N-methyl/N-ethyl adjacent to an activating group) is 2. The molecule has 2 fully saturated rings. The van der Waals surface area contributed by atoms with Crippen LogP contribution < -0.4 is 38.1 Å². The standard InChI is InChI=1S/C34H53N9O7/c1-33(2,3)25(38-8)31(49)42-16-20(13-22(42)27(35)45)39-29(47)18-9-11-19(12-10-18)30(48)40-21-14-23(28(36)46)43(17-21)32(50)26(34(4,5)6)41-24(44)15-37-7/h9-12,20-23,25-26,37-38H,13-17H2,1-8H3,(H2,35,45)(H2,36,46)(H,39,47)(H,40,48)(H,41,44)/t20?,21?,22?,23-,25?,26?/m0/s1. The first-order valence-electron chi connectivity index (χ1n) is 16.7. The number of carbonyl (C=O) groups is 7. The molecule has 0 saturated carbocycles. The van der Waals surface area contributed by atoms with Crippen LogP contribution in [-0.2, 0) is 24.0 Å². The molecule has 2 aliphatic heterocycles. The fraction of sp³-hybridized carbons (Fsp3) is 0.618. The third-order valence-electron chi connectivity index (χ3n) is 9.06. The number of amides is 7. The second-order valence-corrected chi connectivity index (χ2v) is 15.2. The highest BCUT2D eigenvalue weighted by molar-refractivity contribution is 5.99. The van der Waals surface area contributed by atoms with Crippen molar-refractivity contribution in [2.24, 2.45) is 22.3 Å². The molecule has 2 saturated heterocycles. The molecule has 1 aromatic rings. The Kier molecular flexibility index (Phi) is 12.7. The van der Waals surface area contributed by atoms with E-state index in [9.17, 15) is 33.6 Å². The van der Waals surface area contributed by atoms with Crippen LogP contribution in [0.2, 0.25) is 0 Å². The first-order valence-corrected chi connectivity index (χ1v) is 16.7. The smallest absolute Gasteiger partial charge is 0.251 e. The number of likely N-dealkylation sites (tertiary alicyclic amines) is 2. The Morgan fingerprint density at radius 1 is 0.700 bits per heavy atom. The van der Waals surface area contributed by atoms with E-state index in [4.69, 9.17) is 11.5 Å². The number of benzene rings is 1. The summed E-state index contributed by atoms with van der Waals surface area (Å²) in [5, 5.41) is 14.2. The van der Waals surface area contributed by atoms with Gasteiger partial charge in [-0.2, -0.15) is 0 Å². The Bertz CT molecular complexity index is 1470. The van der Waals surface area contributed by atoms with E-state index in [0.717, 1.165) is 0 Å². The molecule has 0 aliphatic carbocycles. The zero-order chi connectivity index (χ0) is 37.7. The van der Waals surface area contributed by atoms with Gasteiger partial charge in [0, 0.05) is 36.3 Å². The minimum Gasteiger partial charge on any atom is -0.368 e. The van der Waals surface area contributed by atoms with Crippen molar-refractivity contribution in [3.8, 4) is 0 Å². The van der Waals surface area contributed by atoms with Gasteiger partial charge in [0.1, 0.15) is 18.1 Å². The van der Waals surface area contributed by atoms with Crippen molar-refractivity contribution in [1.82, 2.24) is 36.4 Å². The highest BCUT2D eigenvalue weighted by Crippen LogP contribution is 2.27. The second-order valence-electron chi connectivity index (χ2n) is 15.2. The highest BCUT2D eigenvalue weighted by Gasteiger charge is 2.45. The number of primary amides is 2.